The second-order valence-electron chi connectivity index (χ2n) is 9.09. The van der Waals surface area contributed by atoms with Crippen LogP contribution in [0.1, 0.15) is 11.1 Å². The molecule has 3 aromatic carbocycles. The number of ether oxygens (including phenoxy) is 1. The van der Waals surface area contributed by atoms with Crippen molar-refractivity contribution in [1.29, 1.82) is 0 Å². The summed E-state index contributed by atoms with van der Waals surface area (Å²) in [6.07, 6.45) is -1.52. The molecule has 0 fully saturated rings. The van der Waals surface area contributed by atoms with Gasteiger partial charge in [0.1, 0.15) is 5.75 Å². The van der Waals surface area contributed by atoms with Crippen LogP contribution < -0.4 is 21.3 Å². The highest BCUT2D eigenvalue weighted by molar-refractivity contribution is 6.98. The normalized spacial score (nSPS) is 12.3. The fourth-order valence-corrected chi connectivity index (χ4v) is 4.93. The van der Waals surface area contributed by atoms with Crippen molar-refractivity contribution in [2.24, 2.45) is 0 Å². The number of pyridine rings is 2. The molecule has 5 aromatic rings. The lowest BCUT2D eigenvalue weighted by molar-refractivity contribution is -0.137. The second kappa shape index (κ2) is 8.93. The predicted molar refractivity (Wildman–Crippen MR) is 140 cm³/mol. The van der Waals surface area contributed by atoms with Crippen LogP contribution in [-0.2, 0) is 6.18 Å². The molecule has 1 aliphatic rings. The van der Waals surface area contributed by atoms with Crippen molar-refractivity contribution in [3.8, 4) is 33.9 Å². The van der Waals surface area contributed by atoms with E-state index in [9.17, 15) is 13.2 Å². The van der Waals surface area contributed by atoms with E-state index in [4.69, 9.17) is 9.72 Å². The Morgan fingerprint density at radius 1 is 0.703 bits per heavy atom. The quantitative estimate of drug-likeness (QED) is 0.294. The Hall–Kier alpha value is -4.39. The molecule has 3 heterocycles. The van der Waals surface area contributed by atoms with Crippen LogP contribution in [0.25, 0.3) is 22.3 Å². The highest BCUT2D eigenvalue weighted by Gasteiger charge is 2.34. The number of aromatic nitrogens is 2. The molecule has 0 atom stereocenters. The molecular weight excluding hydrogens is 472 g/mol. The van der Waals surface area contributed by atoms with Gasteiger partial charge in [-0.2, -0.15) is 13.2 Å². The first kappa shape index (κ1) is 23.0. The first-order chi connectivity index (χ1) is 17.9. The summed E-state index contributed by atoms with van der Waals surface area (Å²) >= 11 is 0. The van der Waals surface area contributed by atoms with E-state index in [2.05, 4.69) is 54.4 Å². The largest absolute Gasteiger partial charge is 0.439 e. The van der Waals surface area contributed by atoms with E-state index in [1.165, 1.54) is 22.1 Å². The number of hydrogen-bond donors (Lipinski definition) is 0. The Balaban J connectivity index is 1.38. The summed E-state index contributed by atoms with van der Waals surface area (Å²) in [5, 5.41) is 0. The second-order valence-corrected chi connectivity index (χ2v) is 9.09. The number of hydrogen-bond acceptors (Lipinski definition) is 3. The molecule has 3 nitrogen and oxygen atoms in total. The summed E-state index contributed by atoms with van der Waals surface area (Å²) in [6.45, 7) is 2.08. The molecule has 0 bridgehead atoms. The van der Waals surface area contributed by atoms with E-state index in [0.29, 0.717) is 5.75 Å². The van der Waals surface area contributed by atoms with E-state index < -0.39 is 11.7 Å². The van der Waals surface area contributed by atoms with Gasteiger partial charge in [-0.1, -0.05) is 65.5 Å². The van der Waals surface area contributed by atoms with Crippen molar-refractivity contribution in [2.75, 3.05) is 0 Å². The number of halogens is 3. The topological polar surface area (TPSA) is 35.0 Å². The molecule has 180 valence electrons. The van der Waals surface area contributed by atoms with Crippen molar-refractivity contribution in [3.05, 3.63) is 115 Å². The molecule has 6 rings (SSSR count). The van der Waals surface area contributed by atoms with Gasteiger partial charge in [0.25, 0.3) is 6.71 Å². The van der Waals surface area contributed by atoms with Crippen LogP contribution in [0.2, 0.25) is 0 Å². The maximum absolute atomic E-state index is 13.1. The average molecular weight is 492 g/mol. The molecule has 0 unspecified atom stereocenters. The van der Waals surface area contributed by atoms with Crippen LogP contribution in [0.3, 0.4) is 0 Å². The Morgan fingerprint density at radius 3 is 2.32 bits per heavy atom. The summed E-state index contributed by atoms with van der Waals surface area (Å²) in [7, 11) is 0. The number of nitrogens with zero attached hydrogens (tertiary/aromatic N) is 2. The zero-order valence-corrected chi connectivity index (χ0v) is 19.8. The van der Waals surface area contributed by atoms with Gasteiger partial charge in [0.05, 0.1) is 5.56 Å². The Kier molecular flexibility index (Phi) is 5.56. The molecule has 2 aromatic heterocycles. The van der Waals surface area contributed by atoms with E-state index >= 15 is 0 Å². The summed E-state index contributed by atoms with van der Waals surface area (Å²) in [4.78, 5) is 8.64. The maximum Gasteiger partial charge on any atom is 0.416 e. The molecule has 37 heavy (non-hydrogen) atoms. The molecule has 7 heteroatoms. The minimum Gasteiger partial charge on any atom is -0.439 e. The number of fused-ring (bicyclic) bond motifs is 3. The summed E-state index contributed by atoms with van der Waals surface area (Å²) < 4.78 is 45.0. The minimum atomic E-state index is -4.46. The van der Waals surface area contributed by atoms with Crippen LogP contribution >= 0.6 is 0 Å². The third-order valence-corrected chi connectivity index (χ3v) is 6.61. The molecular formula is C30H20BF3N2O. The van der Waals surface area contributed by atoms with E-state index in [0.717, 1.165) is 40.6 Å². The van der Waals surface area contributed by atoms with Gasteiger partial charge >= 0.3 is 6.18 Å². The van der Waals surface area contributed by atoms with Crippen molar-refractivity contribution in [2.45, 2.75) is 13.1 Å². The molecule has 0 amide bonds. The first-order valence-electron chi connectivity index (χ1n) is 11.8. The summed E-state index contributed by atoms with van der Waals surface area (Å²) in [5.74, 6) is 0.298. The molecule has 0 aliphatic carbocycles. The smallest absolute Gasteiger partial charge is 0.416 e. The Morgan fingerprint density at radius 2 is 1.49 bits per heavy atom. The average Bonchev–Trinajstić information content (AvgIpc) is 3.22. The highest BCUT2D eigenvalue weighted by Crippen LogP contribution is 2.33. The summed E-state index contributed by atoms with van der Waals surface area (Å²) in [5.41, 5.74) is 7.98. The Bertz CT molecular complexity index is 1630. The van der Waals surface area contributed by atoms with Crippen LogP contribution in [0, 0.1) is 6.92 Å². The van der Waals surface area contributed by atoms with Crippen LogP contribution in [0.5, 0.6) is 11.6 Å². The summed E-state index contributed by atoms with van der Waals surface area (Å²) in [6, 6.07) is 28.0. The monoisotopic (exact) mass is 492 g/mol. The van der Waals surface area contributed by atoms with Gasteiger partial charge in [0.2, 0.25) is 5.88 Å². The number of benzene rings is 3. The van der Waals surface area contributed by atoms with Crippen LogP contribution in [-0.4, -0.2) is 16.7 Å². The van der Waals surface area contributed by atoms with Gasteiger partial charge in [0.15, 0.2) is 0 Å². The van der Waals surface area contributed by atoms with Gasteiger partial charge in [0, 0.05) is 24.1 Å². The van der Waals surface area contributed by atoms with Crippen LogP contribution in [0.15, 0.2) is 103 Å². The van der Waals surface area contributed by atoms with Crippen molar-refractivity contribution in [3.63, 3.8) is 0 Å². The van der Waals surface area contributed by atoms with Crippen LogP contribution in [0.4, 0.5) is 13.2 Å². The van der Waals surface area contributed by atoms with Gasteiger partial charge in [-0.05, 0) is 65.1 Å². The van der Waals surface area contributed by atoms with E-state index in [1.54, 1.807) is 6.07 Å². The highest BCUT2D eigenvalue weighted by atomic mass is 19.4. The molecule has 0 saturated heterocycles. The number of rotatable bonds is 4. The molecule has 0 spiro atoms. The molecule has 0 radical (unpaired) electrons. The standard InChI is InChI=1S/C30H20BF3N2O/c1-19-11-13-35-28(15-19)31-26-8-3-2-7-24(26)25-10-9-21(17-27(25)31)20-5-4-6-23(16-20)37-29-18-22(12-14-36-29)30(32,33)34/h2-18H,1H3. The van der Waals surface area contributed by atoms with Gasteiger partial charge in [-0.3, -0.25) is 4.98 Å². The van der Waals surface area contributed by atoms with Gasteiger partial charge in [-0.15, -0.1) is 0 Å². The first-order valence-corrected chi connectivity index (χ1v) is 11.8. The number of alkyl halides is 3. The van der Waals surface area contributed by atoms with Crippen molar-refractivity contribution >= 4 is 23.2 Å². The Labute approximate surface area is 212 Å². The lowest BCUT2D eigenvalue weighted by Crippen LogP contribution is -2.50. The van der Waals surface area contributed by atoms with E-state index in [1.807, 2.05) is 36.5 Å². The zero-order chi connectivity index (χ0) is 25.6. The third-order valence-electron chi connectivity index (χ3n) is 6.61. The maximum atomic E-state index is 13.1. The predicted octanol–water partition coefficient (Wildman–Crippen LogP) is 5.76. The zero-order valence-electron chi connectivity index (χ0n) is 19.8. The lowest BCUT2D eigenvalue weighted by atomic mass is 9.40. The van der Waals surface area contributed by atoms with E-state index in [-0.39, 0.29) is 12.6 Å². The third kappa shape index (κ3) is 4.37. The molecule has 0 N–H and O–H groups in total. The van der Waals surface area contributed by atoms with Crippen molar-refractivity contribution in [1.82, 2.24) is 9.97 Å². The van der Waals surface area contributed by atoms with Gasteiger partial charge in [-0.25, -0.2) is 4.98 Å². The lowest BCUT2D eigenvalue weighted by Gasteiger charge is -2.13. The molecule has 1 aliphatic heterocycles. The molecule has 0 saturated carbocycles. The van der Waals surface area contributed by atoms with Crippen molar-refractivity contribution < 1.29 is 17.9 Å². The number of aryl methyl sites for hydroxylation is 1. The van der Waals surface area contributed by atoms with Gasteiger partial charge < -0.3 is 4.74 Å². The SMILES string of the molecule is Cc1ccnc(B2c3ccccc3-c3ccc(-c4cccc(Oc5cc(C(F)(F)F)ccn5)c4)cc32)c1. The fourth-order valence-electron chi connectivity index (χ4n) is 4.93. The fraction of sp³-hybridized carbons (Fsp3) is 0.0667. The minimum absolute atomic E-state index is 0.0137.